The van der Waals surface area contributed by atoms with Crippen molar-refractivity contribution in [1.82, 2.24) is 0 Å². The summed E-state index contributed by atoms with van der Waals surface area (Å²) in [5.41, 5.74) is 1.54. The average Bonchev–Trinajstić information content (AvgIpc) is 2.29. The molecule has 2 N–H and O–H groups in total. The zero-order chi connectivity index (χ0) is 12.8. The minimum absolute atomic E-state index is 0.0627. The SMILES string of the molecule is CCC(=O)Nc1ccc(OCC(=O)O)cc1C. The predicted octanol–water partition coefficient (Wildman–Crippen LogP) is 1.81. The first-order valence-corrected chi connectivity index (χ1v) is 5.28. The third-order valence-electron chi connectivity index (χ3n) is 2.16. The molecule has 0 spiro atoms. The van der Waals surface area contributed by atoms with Crippen molar-refractivity contribution in [2.45, 2.75) is 20.3 Å². The molecular weight excluding hydrogens is 222 g/mol. The summed E-state index contributed by atoms with van der Waals surface area (Å²) in [6.45, 7) is 3.22. The van der Waals surface area contributed by atoms with Crippen LogP contribution in [0.2, 0.25) is 0 Å². The fourth-order valence-corrected chi connectivity index (χ4v) is 1.25. The van der Waals surface area contributed by atoms with Crippen molar-refractivity contribution in [2.24, 2.45) is 0 Å². The van der Waals surface area contributed by atoms with Gasteiger partial charge in [0.25, 0.3) is 0 Å². The fourth-order valence-electron chi connectivity index (χ4n) is 1.25. The second-order valence-corrected chi connectivity index (χ2v) is 3.56. The Morgan fingerprint density at radius 1 is 1.41 bits per heavy atom. The summed E-state index contributed by atoms with van der Waals surface area (Å²) in [4.78, 5) is 21.5. The van der Waals surface area contributed by atoms with Crippen molar-refractivity contribution in [3.63, 3.8) is 0 Å². The van der Waals surface area contributed by atoms with Gasteiger partial charge in [0.1, 0.15) is 5.75 Å². The quantitative estimate of drug-likeness (QED) is 0.818. The standard InChI is InChI=1S/C12H15NO4/c1-3-11(14)13-10-5-4-9(6-8(10)2)17-7-12(15)16/h4-6H,3,7H2,1-2H3,(H,13,14)(H,15,16). The number of nitrogens with one attached hydrogen (secondary N) is 1. The number of rotatable bonds is 5. The molecule has 0 saturated heterocycles. The molecule has 0 fully saturated rings. The maximum absolute atomic E-state index is 11.2. The number of aryl methyl sites for hydroxylation is 1. The highest BCUT2D eigenvalue weighted by Gasteiger charge is 2.05. The van der Waals surface area contributed by atoms with Gasteiger partial charge in [0, 0.05) is 12.1 Å². The molecule has 0 aromatic heterocycles. The van der Waals surface area contributed by atoms with Crippen LogP contribution in [0.1, 0.15) is 18.9 Å². The van der Waals surface area contributed by atoms with E-state index in [2.05, 4.69) is 5.32 Å². The fraction of sp³-hybridized carbons (Fsp3) is 0.333. The molecule has 0 aliphatic carbocycles. The molecule has 0 saturated carbocycles. The van der Waals surface area contributed by atoms with Gasteiger partial charge in [-0.2, -0.15) is 0 Å². The Morgan fingerprint density at radius 3 is 2.65 bits per heavy atom. The van der Waals surface area contributed by atoms with Crippen molar-refractivity contribution in [1.29, 1.82) is 0 Å². The van der Waals surface area contributed by atoms with Crippen molar-refractivity contribution in [3.05, 3.63) is 23.8 Å². The topological polar surface area (TPSA) is 75.6 Å². The van der Waals surface area contributed by atoms with Crippen LogP contribution in [-0.2, 0) is 9.59 Å². The molecule has 1 amide bonds. The van der Waals surface area contributed by atoms with Gasteiger partial charge in [-0.1, -0.05) is 6.92 Å². The highest BCUT2D eigenvalue weighted by atomic mass is 16.5. The lowest BCUT2D eigenvalue weighted by atomic mass is 10.2. The number of carboxylic acid groups (broad SMARTS) is 1. The van der Waals surface area contributed by atoms with E-state index in [1.807, 2.05) is 6.92 Å². The van der Waals surface area contributed by atoms with E-state index < -0.39 is 5.97 Å². The van der Waals surface area contributed by atoms with Crippen LogP contribution in [0, 0.1) is 6.92 Å². The van der Waals surface area contributed by atoms with Gasteiger partial charge >= 0.3 is 5.97 Å². The molecule has 92 valence electrons. The Hall–Kier alpha value is -2.04. The van der Waals surface area contributed by atoms with Gasteiger partial charge in [0.05, 0.1) is 0 Å². The normalized spacial score (nSPS) is 9.76. The van der Waals surface area contributed by atoms with Crippen molar-refractivity contribution >= 4 is 17.6 Å². The highest BCUT2D eigenvalue weighted by molar-refractivity contribution is 5.91. The van der Waals surface area contributed by atoms with E-state index in [0.29, 0.717) is 17.9 Å². The number of carbonyl (C=O) groups is 2. The Bertz CT molecular complexity index is 429. The minimum Gasteiger partial charge on any atom is -0.482 e. The largest absolute Gasteiger partial charge is 0.482 e. The van der Waals surface area contributed by atoms with Crippen LogP contribution >= 0.6 is 0 Å². The average molecular weight is 237 g/mol. The third kappa shape index (κ3) is 4.14. The van der Waals surface area contributed by atoms with Crippen molar-refractivity contribution in [2.75, 3.05) is 11.9 Å². The molecule has 0 heterocycles. The molecule has 0 aliphatic heterocycles. The summed E-state index contributed by atoms with van der Waals surface area (Å²) >= 11 is 0. The zero-order valence-corrected chi connectivity index (χ0v) is 9.82. The Kier molecular flexibility index (Phi) is 4.51. The van der Waals surface area contributed by atoms with E-state index in [9.17, 15) is 9.59 Å². The van der Waals surface area contributed by atoms with Crippen LogP contribution in [0.4, 0.5) is 5.69 Å². The molecular formula is C12H15NO4. The van der Waals surface area contributed by atoms with Crippen molar-refractivity contribution < 1.29 is 19.4 Å². The monoisotopic (exact) mass is 237 g/mol. The number of carbonyl (C=O) groups excluding carboxylic acids is 1. The number of amides is 1. The van der Waals surface area contributed by atoms with Gasteiger partial charge in [0.15, 0.2) is 6.61 Å². The molecule has 1 aromatic rings. The lowest BCUT2D eigenvalue weighted by molar-refractivity contribution is -0.139. The van der Waals surface area contributed by atoms with Crippen LogP contribution in [0.15, 0.2) is 18.2 Å². The van der Waals surface area contributed by atoms with E-state index in [4.69, 9.17) is 9.84 Å². The lowest BCUT2D eigenvalue weighted by Gasteiger charge is -2.09. The number of aliphatic carboxylic acids is 1. The summed E-state index contributed by atoms with van der Waals surface area (Å²) in [6.07, 6.45) is 0.413. The summed E-state index contributed by atoms with van der Waals surface area (Å²) in [5.74, 6) is -0.613. The molecule has 0 atom stereocenters. The summed E-state index contributed by atoms with van der Waals surface area (Å²) in [5, 5.41) is 11.2. The van der Waals surface area contributed by atoms with Gasteiger partial charge in [-0.05, 0) is 30.7 Å². The number of anilines is 1. The number of benzene rings is 1. The van der Waals surface area contributed by atoms with Gasteiger partial charge in [-0.25, -0.2) is 4.79 Å². The minimum atomic E-state index is -1.02. The van der Waals surface area contributed by atoms with Crippen LogP contribution in [0.3, 0.4) is 0 Å². The first kappa shape index (κ1) is 13.0. The molecule has 0 radical (unpaired) electrons. The van der Waals surface area contributed by atoms with Crippen LogP contribution in [-0.4, -0.2) is 23.6 Å². The summed E-state index contributed by atoms with van der Waals surface area (Å²) in [7, 11) is 0. The number of ether oxygens (including phenoxy) is 1. The first-order valence-electron chi connectivity index (χ1n) is 5.28. The van der Waals surface area contributed by atoms with E-state index in [1.165, 1.54) is 0 Å². The molecule has 0 bridgehead atoms. The first-order chi connectivity index (χ1) is 8.02. The van der Waals surface area contributed by atoms with Gasteiger partial charge < -0.3 is 15.2 Å². The van der Waals surface area contributed by atoms with E-state index in [-0.39, 0.29) is 12.5 Å². The molecule has 0 unspecified atom stereocenters. The molecule has 1 rings (SSSR count). The van der Waals surface area contributed by atoms with Crippen LogP contribution < -0.4 is 10.1 Å². The number of hydrogen-bond donors (Lipinski definition) is 2. The Balaban J connectivity index is 2.72. The van der Waals surface area contributed by atoms with Gasteiger partial charge in [-0.15, -0.1) is 0 Å². The van der Waals surface area contributed by atoms with E-state index >= 15 is 0 Å². The maximum Gasteiger partial charge on any atom is 0.341 e. The molecule has 5 nitrogen and oxygen atoms in total. The van der Waals surface area contributed by atoms with Crippen LogP contribution in [0.5, 0.6) is 5.75 Å². The Labute approximate surface area is 99.4 Å². The van der Waals surface area contributed by atoms with Gasteiger partial charge in [-0.3, -0.25) is 4.79 Å². The highest BCUT2D eigenvalue weighted by Crippen LogP contribution is 2.21. The van der Waals surface area contributed by atoms with Gasteiger partial charge in [0.2, 0.25) is 5.91 Å². The van der Waals surface area contributed by atoms with Crippen molar-refractivity contribution in [3.8, 4) is 5.75 Å². The molecule has 17 heavy (non-hydrogen) atoms. The second-order valence-electron chi connectivity index (χ2n) is 3.56. The predicted molar refractivity (Wildman–Crippen MR) is 63.2 cm³/mol. The summed E-state index contributed by atoms with van der Waals surface area (Å²) < 4.78 is 5.02. The Morgan fingerprint density at radius 2 is 2.12 bits per heavy atom. The molecule has 5 heteroatoms. The third-order valence-corrected chi connectivity index (χ3v) is 2.16. The maximum atomic E-state index is 11.2. The second kappa shape index (κ2) is 5.89. The molecule has 0 aliphatic rings. The number of carboxylic acids is 1. The summed E-state index contributed by atoms with van der Waals surface area (Å²) in [6, 6.07) is 5.01. The smallest absolute Gasteiger partial charge is 0.341 e. The lowest BCUT2D eigenvalue weighted by Crippen LogP contribution is -2.11. The van der Waals surface area contributed by atoms with Crippen LogP contribution in [0.25, 0.3) is 0 Å². The zero-order valence-electron chi connectivity index (χ0n) is 9.82. The van der Waals surface area contributed by atoms with E-state index in [1.54, 1.807) is 25.1 Å². The van der Waals surface area contributed by atoms with E-state index in [0.717, 1.165) is 5.56 Å². The number of hydrogen-bond acceptors (Lipinski definition) is 3. The molecule has 1 aromatic carbocycles.